The second-order valence-electron chi connectivity index (χ2n) is 11.0. The summed E-state index contributed by atoms with van der Waals surface area (Å²) in [4.78, 5) is 20.0. The Bertz CT molecular complexity index is 1700. The monoisotopic (exact) mass is 671 g/mol. The molecule has 4 rings (SSSR count). The van der Waals surface area contributed by atoms with E-state index in [0.717, 1.165) is 61.5 Å². The number of carbonyl (C=O) groups is 1. The standard InChI is InChI=1S/C23H29N3O2.C13H13BrN2O/c1-15(2)18(5)26-25-17(4)14-24-23(19-8-10-20(27)11-9-19)22-13-21(28-6)12-7-16(22)3;1-9(17)15-7-6-10-2-4-12-11(8-10)3-5-13(14)16-12/h7-13,15,27H,14H2,1-6H3;2-5,8H,6-7H2,1H3,(H,15,17)/b24-23?,25-17+,26-18-;. The van der Waals surface area contributed by atoms with E-state index >= 15 is 0 Å². The van der Waals surface area contributed by atoms with Crippen LogP contribution in [-0.4, -0.2) is 53.3 Å². The number of phenols is 1. The lowest BCUT2D eigenvalue weighted by atomic mass is 9.97. The lowest BCUT2D eigenvalue weighted by molar-refractivity contribution is -0.118. The molecule has 45 heavy (non-hydrogen) atoms. The van der Waals surface area contributed by atoms with Crippen LogP contribution in [0.3, 0.4) is 0 Å². The number of rotatable bonds is 10. The molecule has 0 saturated heterocycles. The number of pyridine rings is 1. The van der Waals surface area contributed by atoms with Gasteiger partial charge >= 0.3 is 0 Å². The molecule has 8 nitrogen and oxygen atoms in total. The van der Waals surface area contributed by atoms with Crippen LogP contribution in [0.25, 0.3) is 10.9 Å². The van der Waals surface area contributed by atoms with Crippen molar-refractivity contribution in [2.45, 2.75) is 48.0 Å². The van der Waals surface area contributed by atoms with E-state index in [4.69, 9.17) is 9.73 Å². The van der Waals surface area contributed by atoms with Crippen LogP contribution in [0.15, 0.2) is 92.6 Å². The molecule has 0 atom stereocenters. The minimum atomic E-state index is 0.0105. The summed E-state index contributed by atoms with van der Waals surface area (Å²) in [6.07, 6.45) is 0.839. The van der Waals surface area contributed by atoms with E-state index < -0.39 is 0 Å². The molecule has 0 spiro atoms. The number of ether oxygens (including phenoxy) is 1. The lowest BCUT2D eigenvalue weighted by Gasteiger charge is -2.12. The van der Waals surface area contributed by atoms with Crippen molar-refractivity contribution >= 4 is 49.9 Å². The summed E-state index contributed by atoms with van der Waals surface area (Å²) >= 11 is 3.35. The first-order chi connectivity index (χ1) is 21.5. The molecule has 0 bridgehead atoms. The van der Waals surface area contributed by atoms with Gasteiger partial charge in [0.15, 0.2) is 0 Å². The third-order valence-corrected chi connectivity index (χ3v) is 7.47. The number of aliphatic imine (C=N–C) groups is 1. The minimum absolute atomic E-state index is 0.0105. The number of nitrogens with zero attached hydrogens (tertiary/aromatic N) is 4. The van der Waals surface area contributed by atoms with Crippen LogP contribution in [0.2, 0.25) is 0 Å². The van der Waals surface area contributed by atoms with Crippen molar-refractivity contribution in [1.82, 2.24) is 10.3 Å². The average Bonchev–Trinajstić information content (AvgIpc) is 3.01. The first-order valence-corrected chi connectivity index (χ1v) is 15.6. The topological polar surface area (TPSA) is 109 Å². The summed E-state index contributed by atoms with van der Waals surface area (Å²) in [6.45, 7) is 12.8. The van der Waals surface area contributed by atoms with Gasteiger partial charge in [-0.2, -0.15) is 10.2 Å². The number of carbonyl (C=O) groups excluding carboxylic acids is 1. The van der Waals surface area contributed by atoms with E-state index in [1.54, 1.807) is 19.2 Å². The fraction of sp³-hybridized carbons (Fsp3) is 0.306. The SMILES string of the molecule is CC(=O)NCCc1ccc2nc(Br)ccc2c1.COc1ccc(C)c(C(=NC/C(C)=N/N=C(/C)C(C)C)c2ccc(O)cc2)c1. The van der Waals surface area contributed by atoms with Crippen LogP contribution >= 0.6 is 15.9 Å². The zero-order valence-electron chi connectivity index (χ0n) is 27.1. The summed E-state index contributed by atoms with van der Waals surface area (Å²) in [5.74, 6) is 1.37. The Kier molecular flexibility index (Phi) is 13.4. The van der Waals surface area contributed by atoms with Crippen molar-refractivity contribution in [2.24, 2.45) is 21.1 Å². The summed E-state index contributed by atoms with van der Waals surface area (Å²) < 4.78 is 6.23. The number of benzene rings is 3. The number of aromatic hydroxyl groups is 1. The molecule has 3 aromatic carbocycles. The predicted octanol–water partition coefficient (Wildman–Crippen LogP) is 7.72. The van der Waals surface area contributed by atoms with Gasteiger partial charge < -0.3 is 15.2 Å². The highest BCUT2D eigenvalue weighted by molar-refractivity contribution is 9.10. The maximum absolute atomic E-state index is 10.8. The van der Waals surface area contributed by atoms with Gasteiger partial charge in [0.25, 0.3) is 0 Å². The predicted molar refractivity (Wildman–Crippen MR) is 189 cm³/mol. The van der Waals surface area contributed by atoms with E-state index in [1.165, 1.54) is 12.5 Å². The van der Waals surface area contributed by atoms with E-state index in [0.29, 0.717) is 19.0 Å². The first kappa shape index (κ1) is 35.1. The Morgan fingerprint density at radius 3 is 2.38 bits per heavy atom. The van der Waals surface area contributed by atoms with Gasteiger partial charge in [-0.25, -0.2) is 4.98 Å². The van der Waals surface area contributed by atoms with Gasteiger partial charge in [-0.3, -0.25) is 9.79 Å². The van der Waals surface area contributed by atoms with Gasteiger partial charge in [-0.05, 0) is 115 Å². The number of nitrogens with one attached hydrogen (secondary N) is 1. The van der Waals surface area contributed by atoms with Gasteiger partial charge in [0.05, 0.1) is 30.6 Å². The third kappa shape index (κ3) is 11.2. The fourth-order valence-corrected chi connectivity index (χ4v) is 4.45. The zero-order chi connectivity index (χ0) is 32.9. The molecule has 9 heteroatoms. The fourth-order valence-electron chi connectivity index (χ4n) is 4.13. The van der Waals surface area contributed by atoms with E-state index in [-0.39, 0.29) is 11.7 Å². The highest BCUT2D eigenvalue weighted by Gasteiger charge is 2.12. The van der Waals surface area contributed by atoms with Gasteiger partial charge in [0.1, 0.15) is 16.1 Å². The normalized spacial score (nSPS) is 12.2. The highest BCUT2D eigenvalue weighted by Crippen LogP contribution is 2.22. The number of methoxy groups -OCH3 is 1. The molecule has 0 saturated carbocycles. The molecular weight excluding hydrogens is 630 g/mol. The summed E-state index contributed by atoms with van der Waals surface area (Å²) in [6, 6.07) is 23.1. The second kappa shape index (κ2) is 17.2. The lowest BCUT2D eigenvalue weighted by Crippen LogP contribution is -2.22. The molecule has 0 fully saturated rings. The number of amides is 1. The van der Waals surface area contributed by atoms with E-state index in [9.17, 15) is 9.90 Å². The van der Waals surface area contributed by atoms with Crippen LogP contribution in [0.4, 0.5) is 0 Å². The molecule has 0 aliphatic rings. The summed E-state index contributed by atoms with van der Waals surface area (Å²) in [7, 11) is 1.65. The molecule has 0 unspecified atom stereocenters. The van der Waals surface area contributed by atoms with Crippen molar-refractivity contribution in [1.29, 1.82) is 0 Å². The second-order valence-corrected chi connectivity index (χ2v) is 11.8. The molecule has 1 aromatic heterocycles. The molecule has 4 aromatic rings. The Morgan fingerprint density at radius 2 is 1.71 bits per heavy atom. The molecule has 0 aliphatic heterocycles. The van der Waals surface area contributed by atoms with Crippen LogP contribution < -0.4 is 10.1 Å². The molecule has 1 heterocycles. The number of halogens is 1. The summed E-state index contributed by atoms with van der Waals surface area (Å²) in [5, 5.41) is 22.1. The number of hydrogen-bond donors (Lipinski definition) is 2. The Morgan fingerprint density at radius 1 is 0.978 bits per heavy atom. The first-order valence-electron chi connectivity index (χ1n) is 14.8. The molecule has 0 radical (unpaired) electrons. The molecule has 1 amide bonds. The number of fused-ring (bicyclic) bond motifs is 1. The minimum Gasteiger partial charge on any atom is -0.508 e. The van der Waals surface area contributed by atoms with Gasteiger partial charge in [-0.1, -0.05) is 32.0 Å². The molecule has 2 N–H and O–H groups in total. The zero-order valence-corrected chi connectivity index (χ0v) is 28.6. The Hall–Kier alpha value is -4.37. The van der Waals surface area contributed by atoms with Crippen LogP contribution in [-0.2, 0) is 11.2 Å². The number of hydrogen-bond acceptors (Lipinski definition) is 7. The van der Waals surface area contributed by atoms with Gasteiger partial charge in [-0.15, -0.1) is 0 Å². The number of phenolic OH excluding ortho intramolecular Hbond substituents is 1. The third-order valence-electron chi connectivity index (χ3n) is 7.03. The van der Waals surface area contributed by atoms with Crippen molar-refractivity contribution in [2.75, 3.05) is 20.2 Å². The van der Waals surface area contributed by atoms with Crippen molar-refractivity contribution in [3.05, 3.63) is 99.7 Å². The average molecular weight is 673 g/mol. The van der Waals surface area contributed by atoms with Crippen molar-refractivity contribution < 1.29 is 14.6 Å². The maximum atomic E-state index is 10.8. The van der Waals surface area contributed by atoms with E-state index in [2.05, 4.69) is 56.3 Å². The summed E-state index contributed by atoms with van der Waals surface area (Å²) in [5.41, 5.74) is 7.83. The van der Waals surface area contributed by atoms with Gasteiger partial charge in [0.2, 0.25) is 5.91 Å². The maximum Gasteiger partial charge on any atom is 0.216 e. The van der Waals surface area contributed by atoms with E-state index in [1.807, 2.05) is 75.4 Å². The van der Waals surface area contributed by atoms with Crippen LogP contribution in [0.5, 0.6) is 11.5 Å². The number of aromatic nitrogens is 1. The highest BCUT2D eigenvalue weighted by atomic mass is 79.9. The van der Waals surface area contributed by atoms with Crippen LogP contribution in [0.1, 0.15) is 56.9 Å². The number of aryl methyl sites for hydroxylation is 1. The molecular formula is C36H42BrN5O3. The smallest absolute Gasteiger partial charge is 0.216 e. The quantitative estimate of drug-likeness (QED) is 0.102. The largest absolute Gasteiger partial charge is 0.508 e. The molecule has 0 aliphatic carbocycles. The molecule has 236 valence electrons. The van der Waals surface area contributed by atoms with Gasteiger partial charge in [0, 0.05) is 35.7 Å². The Balaban J connectivity index is 0.000000276. The Labute approximate surface area is 274 Å². The van der Waals surface area contributed by atoms with Crippen molar-refractivity contribution in [3.63, 3.8) is 0 Å². The van der Waals surface area contributed by atoms with Crippen LogP contribution in [0, 0.1) is 12.8 Å². The van der Waals surface area contributed by atoms with Crippen molar-refractivity contribution in [3.8, 4) is 11.5 Å².